The minimum absolute atomic E-state index is 0.174. The number of amides is 1. The molecule has 0 bridgehead atoms. The quantitative estimate of drug-likeness (QED) is 0.846. The Labute approximate surface area is 131 Å². The normalized spacial score (nSPS) is 17.3. The average molecular weight is 300 g/mol. The Bertz CT molecular complexity index is 595. The van der Waals surface area contributed by atoms with Gasteiger partial charge in [0, 0.05) is 31.5 Å². The molecule has 0 atom stereocenters. The van der Waals surface area contributed by atoms with Gasteiger partial charge in [0.05, 0.1) is 11.4 Å². The van der Waals surface area contributed by atoms with Gasteiger partial charge < -0.3 is 10.2 Å². The molecule has 0 aromatic heterocycles. The van der Waals surface area contributed by atoms with Crippen LogP contribution < -0.4 is 10.2 Å². The first-order chi connectivity index (χ1) is 10.7. The zero-order valence-corrected chi connectivity index (χ0v) is 13.3. The zero-order valence-electron chi connectivity index (χ0n) is 13.3. The number of aryl methyl sites for hydroxylation is 1. The number of nitrogens with zero attached hydrogens (tertiary/aromatic N) is 1. The monoisotopic (exact) mass is 300 g/mol. The Balaban J connectivity index is 1.99. The molecule has 118 valence electrons. The van der Waals surface area contributed by atoms with Crippen molar-refractivity contribution in [2.45, 2.75) is 51.9 Å². The maximum atomic E-state index is 12.4. The van der Waals surface area contributed by atoms with E-state index >= 15 is 0 Å². The maximum Gasteiger partial charge on any atom is 0.227 e. The van der Waals surface area contributed by atoms with Crippen LogP contribution in [0.5, 0.6) is 0 Å². The van der Waals surface area contributed by atoms with Crippen molar-refractivity contribution in [3.63, 3.8) is 0 Å². The number of hydrogen-bond donors (Lipinski definition) is 1. The molecule has 4 heteroatoms. The van der Waals surface area contributed by atoms with Crippen molar-refractivity contribution < 1.29 is 9.59 Å². The van der Waals surface area contributed by atoms with Gasteiger partial charge in [-0.1, -0.05) is 13.3 Å². The van der Waals surface area contributed by atoms with E-state index in [1.807, 2.05) is 17.0 Å². The highest BCUT2D eigenvalue weighted by molar-refractivity contribution is 6.03. The molecule has 0 spiro atoms. The second-order valence-corrected chi connectivity index (χ2v) is 6.24. The minimum Gasteiger partial charge on any atom is -0.383 e. The van der Waals surface area contributed by atoms with Crippen molar-refractivity contribution in [1.82, 2.24) is 0 Å². The molecule has 1 aromatic carbocycles. The standard InChI is InChI=1S/C18H24N2O2/c1-2-3-7-16(21)14-11-13-6-4-9-19-18(13)15(12-14)20-10-5-8-17(20)22/h11-12,19H,2-10H2,1H3. The number of hydrogen-bond acceptors (Lipinski definition) is 3. The van der Waals surface area contributed by atoms with Gasteiger partial charge in [-0.05, 0) is 43.4 Å². The fourth-order valence-corrected chi connectivity index (χ4v) is 3.34. The highest BCUT2D eigenvalue weighted by Gasteiger charge is 2.27. The van der Waals surface area contributed by atoms with E-state index in [9.17, 15) is 9.59 Å². The van der Waals surface area contributed by atoms with Crippen LogP contribution in [-0.2, 0) is 11.2 Å². The lowest BCUT2D eigenvalue weighted by Crippen LogP contribution is -2.27. The van der Waals surface area contributed by atoms with E-state index in [1.165, 1.54) is 5.56 Å². The second-order valence-electron chi connectivity index (χ2n) is 6.24. The van der Waals surface area contributed by atoms with Gasteiger partial charge in [-0.25, -0.2) is 0 Å². The van der Waals surface area contributed by atoms with Crippen LogP contribution in [0.3, 0.4) is 0 Å². The van der Waals surface area contributed by atoms with E-state index in [0.29, 0.717) is 12.8 Å². The number of anilines is 2. The summed E-state index contributed by atoms with van der Waals surface area (Å²) in [7, 11) is 0. The Kier molecular flexibility index (Phi) is 4.46. The molecule has 3 rings (SSSR count). The summed E-state index contributed by atoms with van der Waals surface area (Å²) in [5, 5.41) is 3.43. The molecule has 22 heavy (non-hydrogen) atoms. The molecule has 2 aliphatic heterocycles. The Morgan fingerprint density at radius 1 is 1.27 bits per heavy atom. The van der Waals surface area contributed by atoms with E-state index in [4.69, 9.17) is 0 Å². The Morgan fingerprint density at radius 3 is 2.86 bits per heavy atom. The molecule has 4 nitrogen and oxygen atoms in total. The lowest BCUT2D eigenvalue weighted by atomic mass is 9.95. The summed E-state index contributed by atoms with van der Waals surface area (Å²) < 4.78 is 0. The van der Waals surface area contributed by atoms with Gasteiger partial charge in [-0.3, -0.25) is 9.59 Å². The summed E-state index contributed by atoms with van der Waals surface area (Å²) in [6, 6.07) is 3.96. The summed E-state index contributed by atoms with van der Waals surface area (Å²) in [4.78, 5) is 26.4. The maximum absolute atomic E-state index is 12.4. The van der Waals surface area contributed by atoms with Crippen LogP contribution >= 0.6 is 0 Å². The van der Waals surface area contributed by atoms with Gasteiger partial charge in [-0.2, -0.15) is 0 Å². The van der Waals surface area contributed by atoms with E-state index in [1.54, 1.807) is 0 Å². The highest BCUT2D eigenvalue weighted by Crippen LogP contribution is 2.36. The minimum atomic E-state index is 0.174. The second kappa shape index (κ2) is 6.51. The third-order valence-electron chi connectivity index (χ3n) is 4.57. The molecule has 2 heterocycles. The number of carbonyl (C=O) groups excluding carboxylic acids is 2. The van der Waals surface area contributed by atoms with E-state index in [-0.39, 0.29) is 11.7 Å². The predicted molar refractivity (Wildman–Crippen MR) is 88.7 cm³/mol. The van der Waals surface area contributed by atoms with Crippen molar-refractivity contribution in [3.8, 4) is 0 Å². The van der Waals surface area contributed by atoms with Crippen LogP contribution in [-0.4, -0.2) is 24.8 Å². The first kappa shape index (κ1) is 15.1. The predicted octanol–water partition coefficient (Wildman–Crippen LogP) is 3.54. The first-order valence-electron chi connectivity index (χ1n) is 8.45. The molecule has 0 radical (unpaired) electrons. The van der Waals surface area contributed by atoms with Gasteiger partial charge in [0.1, 0.15) is 0 Å². The number of fused-ring (bicyclic) bond motifs is 1. The molecule has 0 aliphatic carbocycles. The van der Waals surface area contributed by atoms with Crippen molar-refractivity contribution in [3.05, 3.63) is 23.3 Å². The van der Waals surface area contributed by atoms with Crippen LogP contribution in [0.15, 0.2) is 12.1 Å². The molecule has 1 fully saturated rings. The number of benzene rings is 1. The molecule has 1 saturated heterocycles. The van der Waals surface area contributed by atoms with E-state index in [0.717, 1.165) is 62.1 Å². The molecule has 1 aromatic rings. The number of Topliss-reactive ketones (excluding diaryl/α,β-unsaturated/α-hetero) is 1. The van der Waals surface area contributed by atoms with Gasteiger partial charge in [0.25, 0.3) is 0 Å². The fourth-order valence-electron chi connectivity index (χ4n) is 3.34. The van der Waals surface area contributed by atoms with Crippen LogP contribution in [0.2, 0.25) is 0 Å². The van der Waals surface area contributed by atoms with Crippen LogP contribution in [0.4, 0.5) is 11.4 Å². The first-order valence-corrected chi connectivity index (χ1v) is 8.45. The largest absolute Gasteiger partial charge is 0.383 e. The smallest absolute Gasteiger partial charge is 0.227 e. The van der Waals surface area contributed by atoms with Crippen LogP contribution in [0.25, 0.3) is 0 Å². The number of nitrogens with one attached hydrogen (secondary N) is 1. The van der Waals surface area contributed by atoms with Gasteiger partial charge >= 0.3 is 0 Å². The Morgan fingerprint density at radius 2 is 2.14 bits per heavy atom. The molecule has 2 aliphatic rings. The summed E-state index contributed by atoms with van der Waals surface area (Å²) in [5.41, 5.74) is 3.93. The van der Waals surface area contributed by atoms with E-state index < -0.39 is 0 Å². The molecular formula is C18H24N2O2. The summed E-state index contributed by atoms with van der Waals surface area (Å²) in [6.07, 6.45) is 6.11. The zero-order chi connectivity index (χ0) is 15.5. The average Bonchev–Trinajstić information content (AvgIpc) is 2.97. The molecule has 1 N–H and O–H groups in total. The lowest BCUT2D eigenvalue weighted by Gasteiger charge is -2.27. The number of carbonyl (C=O) groups is 2. The molecule has 0 saturated carbocycles. The van der Waals surface area contributed by atoms with Crippen molar-refractivity contribution in [2.24, 2.45) is 0 Å². The fraction of sp³-hybridized carbons (Fsp3) is 0.556. The summed E-state index contributed by atoms with van der Waals surface area (Å²) in [6.45, 7) is 3.79. The SMILES string of the molecule is CCCCC(=O)c1cc2c(c(N3CCCC3=O)c1)NCCC2. The molecule has 0 unspecified atom stereocenters. The molecular weight excluding hydrogens is 276 g/mol. The topological polar surface area (TPSA) is 49.4 Å². The van der Waals surface area contributed by atoms with Crippen molar-refractivity contribution in [1.29, 1.82) is 0 Å². The number of rotatable bonds is 5. The van der Waals surface area contributed by atoms with Crippen molar-refractivity contribution >= 4 is 23.1 Å². The third-order valence-corrected chi connectivity index (χ3v) is 4.57. The van der Waals surface area contributed by atoms with E-state index in [2.05, 4.69) is 12.2 Å². The van der Waals surface area contributed by atoms with Crippen molar-refractivity contribution in [2.75, 3.05) is 23.3 Å². The van der Waals surface area contributed by atoms with Gasteiger partial charge in [0.15, 0.2) is 5.78 Å². The van der Waals surface area contributed by atoms with Crippen LogP contribution in [0.1, 0.15) is 61.4 Å². The number of ketones is 1. The van der Waals surface area contributed by atoms with Crippen LogP contribution in [0, 0.1) is 0 Å². The van der Waals surface area contributed by atoms with Gasteiger partial charge in [-0.15, -0.1) is 0 Å². The molecule has 1 amide bonds. The Hall–Kier alpha value is -1.84. The summed E-state index contributed by atoms with van der Waals surface area (Å²) >= 11 is 0. The highest BCUT2D eigenvalue weighted by atomic mass is 16.2. The third kappa shape index (κ3) is 2.87. The summed E-state index contributed by atoms with van der Waals surface area (Å²) in [5.74, 6) is 0.371. The number of unbranched alkanes of at least 4 members (excludes halogenated alkanes) is 1. The van der Waals surface area contributed by atoms with Gasteiger partial charge in [0.2, 0.25) is 5.91 Å². The lowest BCUT2D eigenvalue weighted by molar-refractivity contribution is -0.117.